The Morgan fingerprint density at radius 2 is 0.371 bits per heavy atom. The van der Waals surface area contributed by atoms with Gasteiger partial charge in [0.1, 0.15) is 0 Å². The van der Waals surface area contributed by atoms with Gasteiger partial charge in [-0.15, -0.1) is 0 Å². The van der Waals surface area contributed by atoms with Gasteiger partial charge >= 0.3 is 0 Å². The van der Waals surface area contributed by atoms with Crippen LogP contribution in [-0.4, -0.2) is 0 Å². The Hall–Kier alpha value is -7.62. The molecule has 0 N–H and O–H groups in total. The Morgan fingerprint density at radius 3 is 0.543 bits per heavy atom. The fourth-order valence-corrected chi connectivity index (χ4v) is 9.96. The van der Waals surface area contributed by atoms with E-state index in [1.165, 1.54) is 133 Å². The maximum Gasteiger partial charge on any atom is 0.0461 e. The second-order valence-electron chi connectivity index (χ2n) is 19.6. The predicted molar refractivity (Wildman–Crippen MR) is 300 cm³/mol. The first kappa shape index (κ1) is 47.4. The molecular weight excluding hydrogens is 847 g/mol. The van der Waals surface area contributed by atoms with Gasteiger partial charge in [0.15, 0.2) is 0 Å². The van der Waals surface area contributed by atoms with Crippen molar-refractivity contribution in [1.82, 2.24) is 0 Å². The predicted octanol–water partition coefficient (Wildman–Crippen LogP) is 19.2. The first-order valence-corrected chi connectivity index (χ1v) is 25.1. The molecule has 0 spiro atoms. The molecule has 0 bridgehead atoms. The minimum Gasteiger partial charge on any atom is -0.311 e. The Balaban J connectivity index is 0.000000230. The molecule has 0 radical (unpaired) electrons. The molecule has 1 saturated carbocycles. The van der Waals surface area contributed by atoms with Crippen LogP contribution in [0.2, 0.25) is 0 Å². The molecule has 0 heterocycles. The second kappa shape index (κ2) is 21.3. The number of aryl methyl sites for hydroxylation is 7. The Labute approximate surface area is 418 Å². The number of hydrogen-bond donors (Lipinski definition) is 0. The van der Waals surface area contributed by atoms with Gasteiger partial charge in [-0.05, 0) is 182 Å². The van der Waals surface area contributed by atoms with Gasteiger partial charge in [0.05, 0.1) is 0 Å². The van der Waals surface area contributed by atoms with Gasteiger partial charge in [0, 0.05) is 56.6 Å². The number of hydrogen-bond acceptors (Lipinski definition) is 3. The maximum absolute atomic E-state index is 2.40. The molecular formula is C67H67N3. The van der Waals surface area contributed by atoms with Crippen LogP contribution in [0.1, 0.15) is 82.2 Å². The van der Waals surface area contributed by atoms with Gasteiger partial charge in [-0.1, -0.05) is 167 Å². The molecule has 70 heavy (non-hydrogen) atoms. The Morgan fingerprint density at radius 1 is 0.214 bits per heavy atom. The molecule has 3 nitrogen and oxygen atoms in total. The van der Waals surface area contributed by atoms with E-state index in [0.29, 0.717) is 0 Å². The van der Waals surface area contributed by atoms with E-state index in [1.54, 1.807) is 0 Å². The zero-order valence-electron chi connectivity index (χ0n) is 42.2. The van der Waals surface area contributed by atoms with Crippen molar-refractivity contribution in [2.75, 3.05) is 14.7 Å². The third-order valence-corrected chi connectivity index (χ3v) is 14.1. The quantitative estimate of drug-likeness (QED) is 0.128. The molecule has 1 aliphatic rings. The van der Waals surface area contributed by atoms with E-state index in [4.69, 9.17) is 0 Å². The molecule has 1 aliphatic carbocycles. The van der Waals surface area contributed by atoms with Gasteiger partial charge in [0.2, 0.25) is 0 Å². The summed E-state index contributed by atoms with van der Waals surface area (Å²) in [5.41, 5.74) is 22.3. The Kier molecular flexibility index (Phi) is 14.5. The molecule has 0 amide bonds. The fraction of sp³-hybridized carbons (Fsp3) is 0.194. The highest BCUT2D eigenvalue weighted by molar-refractivity contribution is 5.79. The first-order valence-electron chi connectivity index (χ1n) is 25.1. The molecule has 0 aliphatic heterocycles. The summed E-state index contributed by atoms with van der Waals surface area (Å²) in [5.74, 6) is 0. The van der Waals surface area contributed by atoms with Gasteiger partial charge in [-0.3, -0.25) is 0 Å². The number of anilines is 9. The molecule has 0 unspecified atom stereocenters. The van der Waals surface area contributed by atoms with E-state index in [-0.39, 0.29) is 5.41 Å². The average molecular weight is 914 g/mol. The van der Waals surface area contributed by atoms with Crippen molar-refractivity contribution >= 4 is 51.2 Å². The van der Waals surface area contributed by atoms with Crippen LogP contribution in [0.3, 0.4) is 0 Å². The Bertz CT molecular complexity index is 2720. The standard InChI is InChI=1S/C46H46N2.C21H21N/c1-34-8-20-40(21-9-34)47(41-22-10-35(2)11-23-41)44-28-16-38(17-29-44)46(32-6-5-7-33-46)39-18-30-45(31-19-39)48(42-24-12-36(3)13-25-42)43-26-14-37(4)15-27-43;1-16-4-10-19(11-5-16)22(20-12-6-17(2)7-13-20)21-14-8-18(3)9-15-21/h8-31H,5-7,32-33H2,1-4H3;4-15H,1-3H3. The van der Waals surface area contributed by atoms with Crippen molar-refractivity contribution in [3.8, 4) is 0 Å². The summed E-state index contributed by atoms with van der Waals surface area (Å²) in [6.45, 7) is 14.9. The van der Waals surface area contributed by atoms with Crippen molar-refractivity contribution in [2.24, 2.45) is 0 Å². The molecule has 3 heteroatoms. The lowest BCUT2D eigenvalue weighted by atomic mass is 9.65. The van der Waals surface area contributed by atoms with Gasteiger partial charge in [0.25, 0.3) is 0 Å². The number of nitrogens with zero attached hydrogens (tertiary/aromatic N) is 3. The van der Waals surface area contributed by atoms with Crippen LogP contribution in [0.15, 0.2) is 218 Å². The van der Waals surface area contributed by atoms with Gasteiger partial charge in [-0.25, -0.2) is 0 Å². The first-order chi connectivity index (χ1) is 34.0. The smallest absolute Gasteiger partial charge is 0.0461 e. The van der Waals surface area contributed by atoms with Gasteiger partial charge < -0.3 is 14.7 Å². The highest BCUT2D eigenvalue weighted by Crippen LogP contribution is 2.47. The van der Waals surface area contributed by atoms with Crippen LogP contribution in [0.5, 0.6) is 0 Å². The normalized spacial score (nSPS) is 12.9. The van der Waals surface area contributed by atoms with Crippen molar-refractivity contribution in [1.29, 1.82) is 0 Å². The lowest BCUT2D eigenvalue weighted by Crippen LogP contribution is -2.30. The minimum atomic E-state index is 0.00636. The number of benzene rings is 9. The SMILES string of the molecule is Cc1ccc(N(c2ccc(C)cc2)c2ccc(C)cc2)cc1.Cc1ccc(N(c2ccc(C)cc2)c2ccc(C3(c4ccc(N(c5ccc(C)cc5)c5ccc(C)cc5)cc4)CCCCC3)cc2)cc1. The fourth-order valence-electron chi connectivity index (χ4n) is 9.96. The van der Waals surface area contributed by atoms with Crippen molar-refractivity contribution in [2.45, 2.75) is 86.0 Å². The largest absolute Gasteiger partial charge is 0.311 e. The maximum atomic E-state index is 2.40. The summed E-state index contributed by atoms with van der Waals surface area (Å²) in [6.07, 6.45) is 6.15. The average Bonchev–Trinajstić information content (AvgIpc) is 3.39. The molecule has 9 aromatic carbocycles. The van der Waals surface area contributed by atoms with E-state index in [2.05, 4.69) is 282 Å². The molecule has 10 rings (SSSR count). The number of rotatable bonds is 11. The van der Waals surface area contributed by atoms with Crippen LogP contribution in [0.25, 0.3) is 0 Å². The zero-order chi connectivity index (χ0) is 48.6. The summed E-state index contributed by atoms with van der Waals surface area (Å²) in [5, 5.41) is 0. The van der Waals surface area contributed by atoms with Crippen LogP contribution in [-0.2, 0) is 5.41 Å². The molecule has 9 aromatic rings. The van der Waals surface area contributed by atoms with Crippen molar-refractivity contribution < 1.29 is 0 Å². The zero-order valence-corrected chi connectivity index (χ0v) is 42.2. The molecule has 0 atom stereocenters. The lowest BCUT2D eigenvalue weighted by molar-refractivity contribution is 0.346. The summed E-state index contributed by atoms with van der Waals surface area (Å²) in [7, 11) is 0. The second-order valence-corrected chi connectivity index (χ2v) is 19.6. The van der Waals surface area contributed by atoms with Crippen molar-refractivity contribution in [3.05, 3.63) is 268 Å². The van der Waals surface area contributed by atoms with Gasteiger partial charge in [-0.2, -0.15) is 0 Å². The third-order valence-electron chi connectivity index (χ3n) is 14.1. The molecule has 0 aromatic heterocycles. The van der Waals surface area contributed by atoms with E-state index in [9.17, 15) is 0 Å². The van der Waals surface area contributed by atoms with E-state index in [1.807, 2.05) is 0 Å². The minimum absolute atomic E-state index is 0.00636. The lowest BCUT2D eigenvalue weighted by Gasteiger charge is -2.39. The molecule has 350 valence electrons. The third kappa shape index (κ3) is 10.8. The highest BCUT2D eigenvalue weighted by Gasteiger charge is 2.36. The molecule has 0 saturated heterocycles. The summed E-state index contributed by atoms with van der Waals surface area (Å²) < 4.78 is 0. The summed E-state index contributed by atoms with van der Waals surface area (Å²) >= 11 is 0. The van der Waals surface area contributed by atoms with Crippen LogP contribution in [0, 0.1) is 48.5 Å². The summed E-state index contributed by atoms with van der Waals surface area (Å²) in [4.78, 5) is 7.03. The van der Waals surface area contributed by atoms with Crippen LogP contribution < -0.4 is 14.7 Å². The van der Waals surface area contributed by atoms with E-state index >= 15 is 0 Å². The topological polar surface area (TPSA) is 9.72 Å². The highest BCUT2D eigenvalue weighted by atomic mass is 15.2. The van der Waals surface area contributed by atoms with E-state index in [0.717, 1.165) is 0 Å². The van der Waals surface area contributed by atoms with Crippen LogP contribution >= 0.6 is 0 Å². The molecule has 1 fully saturated rings. The monoisotopic (exact) mass is 914 g/mol. The van der Waals surface area contributed by atoms with Crippen molar-refractivity contribution in [3.63, 3.8) is 0 Å². The van der Waals surface area contributed by atoms with E-state index < -0.39 is 0 Å². The van der Waals surface area contributed by atoms with Crippen LogP contribution in [0.4, 0.5) is 51.2 Å². The summed E-state index contributed by atoms with van der Waals surface area (Å²) in [6, 6.07) is 80.3.